The lowest BCUT2D eigenvalue weighted by molar-refractivity contribution is -0.140. The van der Waals surface area contributed by atoms with Gasteiger partial charge in [-0.3, -0.25) is 13.9 Å². The van der Waals surface area contributed by atoms with Crippen LogP contribution in [0.2, 0.25) is 0 Å². The highest BCUT2D eigenvalue weighted by atomic mass is 79.9. The molecule has 0 aromatic heterocycles. The first-order valence-electron chi connectivity index (χ1n) is 10.1. The second kappa shape index (κ2) is 11.6. The van der Waals surface area contributed by atoms with Crippen LogP contribution in [0, 0.1) is 11.6 Å². The fourth-order valence-electron chi connectivity index (χ4n) is 3.22. The lowest BCUT2D eigenvalue weighted by Gasteiger charge is -2.29. The van der Waals surface area contributed by atoms with Crippen LogP contribution < -0.4 is 9.62 Å². The highest BCUT2D eigenvalue weighted by molar-refractivity contribution is 9.10. The van der Waals surface area contributed by atoms with Crippen molar-refractivity contribution >= 4 is 43.5 Å². The number of rotatable bonds is 10. The summed E-state index contributed by atoms with van der Waals surface area (Å²) in [6.07, 6.45) is 1.01. The van der Waals surface area contributed by atoms with Crippen LogP contribution in [0.3, 0.4) is 0 Å². The highest BCUT2D eigenvalue weighted by Gasteiger charge is 2.26. The zero-order chi connectivity index (χ0) is 24.8. The molecule has 11 heteroatoms. The van der Waals surface area contributed by atoms with Gasteiger partial charge in [0.05, 0.1) is 11.9 Å². The normalized spacial score (nSPS) is 12.2. The van der Waals surface area contributed by atoms with Crippen LogP contribution in [0.4, 0.5) is 14.5 Å². The first-order valence-corrected chi connectivity index (χ1v) is 12.8. The number of amides is 2. The maximum atomic E-state index is 13.6. The van der Waals surface area contributed by atoms with Crippen molar-refractivity contribution in [2.45, 2.75) is 32.4 Å². The maximum Gasteiger partial charge on any atom is 0.242 e. The molecule has 0 radical (unpaired) electrons. The Kier molecular flexibility index (Phi) is 9.35. The van der Waals surface area contributed by atoms with E-state index in [2.05, 4.69) is 21.2 Å². The van der Waals surface area contributed by atoms with E-state index < -0.39 is 27.7 Å². The third kappa shape index (κ3) is 7.50. The number of hydrogen-bond acceptors (Lipinski definition) is 4. The first kappa shape index (κ1) is 26.7. The minimum absolute atomic E-state index is 0.0331. The minimum atomic E-state index is -3.80. The van der Waals surface area contributed by atoms with E-state index in [-0.39, 0.29) is 43.4 Å². The Morgan fingerprint density at radius 2 is 1.73 bits per heavy atom. The van der Waals surface area contributed by atoms with Gasteiger partial charge in [-0.2, -0.15) is 0 Å². The molecule has 0 fully saturated rings. The molecule has 180 valence electrons. The van der Waals surface area contributed by atoms with Crippen molar-refractivity contribution in [3.05, 3.63) is 64.1 Å². The predicted octanol–water partition coefficient (Wildman–Crippen LogP) is 3.44. The zero-order valence-corrected chi connectivity index (χ0v) is 20.9. The molecule has 2 aromatic rings. The van der Waals surface area contributed by atoms with Crippen molar-refractivity contribution in [3.8, 4) is 0 Å². The van der Waals surface area contributed by atoms with Gasteiger partial charge >= 0.3 is 0 Å². The van der Waals surface area contributed by atoms with E-state index in [0.29, 0.717) is 0 Å². The smallest absolute Gasteiger partial charge is 0.242 e. The molecule has 2 rings (SSSR count). The van der Waals surface area contributed by atoms with Gasteiger partial charge in [0.25, 0.3) is 0 Å². The van der Waals surface area contributed by atoms with Crippen LogP contribution in [0.15, 0.2) is 46.9 Å². The number of carbonyl (C=O) groups excluding carboxylic acids is 2. The van der Waals surface area contributed by atoms with E-state index >= 15 is 0 Å². The van der Waals surface area contributed by atoms with Crippen molar-refractivity contribution in [1.29, 1.82) is 0 Å². The molecule has 0 aliphatic rings. The summed E-state index contributed by atoms with van der Waals surface area (Å²) in [5.41, 5.74) is 0.788. The molecule has 2 aromatic carbocycles. The van der Waals surface area contributed by atoms with Crippen LogP contribution >= 0.6 is 15.9 Å². The molecule has 0 unspecified atom stereocenters. The second-order valence-corrected chi connectivity index (χ2v) is 10.3. The van der Waals surface area contributed by atoms with E-state index in [1.807, 2.05) is 24.3 Å². The summed E-state index contributed by atoms with van der Waals surface area (Å²) in [6.45, 7) is 1.69. The molecule has 0 spiro atoms. The lowest BCUT2D eigenvalue weighted by atomic mass is 10.1. The number of sulfonamides is 1. The average Bonchev–Trinajstić information content (AvgIpc) is 2.76. The van der Waals surface area contributed by atoms with Gasteiger partial charge < -0.3 is 10.2 Å². The Labute approximate surface area is 200 Å². The fourth-order valence-corrected chi connectivity index (χ4v) is 4.44. The maximum absolute atomic E-state index is 13.6. The summed E-state index contributed by atoms with van der Waals surface area (Å²) in [7, 11) is -2.32. The number of anilines is 1. The monoisotopic (exact) mass is 545 g/mol. The highest BCUT2D eigenvalue weighted by Crippen LogP contribution is 2.22. The average molecular weight is 546 g/mol. The van der Waals surface area contributed by atoms with Gasteiger partial charge in [-0.1, -0.05) is 28.1 Å². The number of nitrogens with zero attached hydrogens (tertiary/aromatic N) is 2. The Morgan fingerprint density at radius 3 is 2.27 bits per heavy atom. The van der Waals surface area contributed by atoms with E-state index in [4.69, 9.17) is 0 Å². The molecule has 1 N–H and O–H groups in total. The zero-order valence-electron chi connectivity index (χ0n) is 18.5. The first-order chi connectivity index (χ1) is 15.4. The van der Waals surface area contributed by atoms with Gasteiger partial charge in [0.2, 0.25) is 21.8 Å². The quantitative estimate of drug-likeness (QED) is 0.495. The van der Waals surface area contributed by atoms with Crippen LogP contribution in [0.25, 0.3) is 0 Å². The molecule has 0 saturated carbocycles. The molecule has 0 heterocycles. The van der Waals surface area contributed by atoms with Gasteiger partial charge in [0, 0.05) is 37.1 Å². The lowest BCUT2D eigenvalue weighted by Crippen LogP contribution is -2.46. The van der Waals surface area contributed by atoms with Gasteiger partial charge in [-0.05, 0) is 43.2 Å². The molecular weight excluding hydrogens is 520 g/mol. The predicted molar refractivity (Wildman–Crippen MR) is 126 cm³/mol. The van der Waals surface area contributed by atoms with Gasteiger partial charge in [0.1, 0.15) is 6.04 Å². The second-order valence-electron chi connectivity index (χ2n) is 7.48. The molecule has 0 aliphatic heterocycles. The minimum Gasteiger partial charge on any atom is -0.357 e. The summed E-state index contributed by atoms with van der Waals surface area (Å²) in [5, 5.41) is 2.53. The number of halogens is 3. The van der Waals surface area contributed by atoms with Crippen molar-refractivity contribution < 1.29 is 26.8 Å². The Balaban J connectivity index is 2.15. The molecule has 1 atom stereocenters. The number of carbonyl (C=O) groups is 2. The Hall–Kier alpha value is -2.53. The van der Waals surface area contributed by atoms with Crippen LogP contribution in [0.5, 0.6) is 0 Å². The summed E-state index contributed by atoms with van der Waals surface area (Å²) in [4.78, 5) is 26.6. The van der Waals surface area contributed by atoms with Crippen LogP contribution in [0.1, 0.15) is 25.3 Å². The van der Waals surface area contributed by atoms with Gasteiger partial charge in [-0.25, -0.2) is 17.2 Å². The van der Waals surface area contributed by atoms with E-state index in [0.717, 1.165) is 38.8 Å². The molecule has 0 aliphatic carbocycles. The van der Waals surface area contributed by atoms with Gasteiger partial charge in [-0.15, -0.1) is 0 Å². The van der Waals surface area contributed by atoms with Crippen molar-refractivity contribution in [2.75, 3.05) is 24.2 Å². The summed E-state index contributed by atoms with van der Waals surface area (Å²) in [6, 6.07) is 9.37. The van der Waals surface area contributed by atoms with E-state index in [9.17, 15) is 26.8 Å². The molecule has 33 heavy (non-hydrogen) atoms. The van der Waals surface area contributed by atoms with E-state index in [1.165, 1.54) is 11.9 Å². The molecular formula is C22H26BrF2N3O4S. The number of hydrogen-bond donors (Lipinski definition) is 1. The number of likely N-dealkylation sites (N-methyl/N-ethyl adjacent to an activating group) is 1. The van der Waals surface area contributed by atoms with E-state index in [1.54, 1.807) is 6.92 Å². The van der Waals surface area contributed by atoms with Crippen molar-refractivity contribution in [1.82, 2.24) is 10.2 Å². The Bertz CT molecular complexity index is 1100. The third-order valence-electron chi connectivity index (χ3n) is 5.02. The van der Waals surface area contributed by atoms with Crippen molar-refractivity contribution in [3.63, 3.8) is 0 Å². The topological polar surface area (TPSA) is 86.8 Å². The molecule has 0 bridgehead atoms. The summed E-state index contributed by atoms with van der Waals surface area (Å²) >= 11 is 3.35. The van der Waals surface area contributed by atoms with Crippen LogP contribution in [-0.2, 0) is 26.2 Å². The number of nitrogens with one attached hydrogen (secondary N) is 1. The molecule has 2 amide bonds. The summed E-state index contributed by atoms with van der Waals surface area (Å²) < 4.78 is 53.1. The molecule has 7 nitrogen and oxygen atoms in total. The SMILES string of the molecule is CNC(=O)[C@@H](C)N(Cc1ccc(Br)cc1)C(=O)CCCN(c1ccc(F)c(F)c1)S(C)(=O)=O. The fraction of sp³-hybridized carbons (Fsp3) is 0.364. The van der Waals surface area contributed by atoms with Crippen LogP contribution in [-0.4, -0.2) is 51.0 Å². The standard InChI is InChI=1S/C22H26BrF2N3O4S/c1-15(22(30)26-2)27(14-16-6-8-17(23)9-7-16)21(29)5-4-12-28(33(3,31)32)18-10-11-19(24)20(25)13-18/h6-11,13,15H,4-5,12,14H2,1-3H3,(H,26,30)/t15-/m1/s1. The largest absolute Gasteiger partial charge is 0.357 e. The Morgan fingerprint density at radius 1 is 1.09 bits per heavy atom. The van der Waals surface area contributed by atoms with Crippen molar-refractivity contribution in [2.24, 2.45) is 0 Å². The third-order valence-corrected chi connectivity index (χ3v) is 6.75. The number of benzene rings is 2. The molecule has 0 saturated heterocycles. The van der Waals surface area contributed by atoms with Gasteiger partial charge in [0.15, 0.2) is 11.6 Å². The summed E-state index contributed by atoms with van der Waals surface area (Å²) in [5.74, 6) is -2.93.